The number of benzene rings is 1. The first-order valence-electron chi connectivity index (χ1n) is 6.97. The summed E-state index contributed by atoms with van der Waals surface area (Å²) in [7, 11) is 0. The Morgan fingerprint density at radius 3 is 2.37 bits per heavy atom. The number of hydrogen-bond donors (Lipinski definition) is 1. The zero-order valence-corrected chi connectivity index (χ0v) is 11.3. The number of rotatable bonds is 3. The summed E-state index contributed by atoms with van der Waals surface area (Å²) in [5.74, 6) is 0.883. The van der Waals surface area contributed by atoms with E-state index in [4.69, 9.17) is 10.5 Å². The van der Waals surface area contributed by atoms with Gasteiger partial charge in [-0.15, -0.1) is 0 Å². The molecule has 1 N–H and O–H groups in total. The van der Waals surface area contributed by atoms with Gasteiger partial charge in [-0.25, -0.2) is 0 Å². The third kappa shape index (κ3) is 3.26. The van der Waals surface area contributed by atoms with Crippen LogP contribution in [0.15, 0.2) is 18.2 Å². The van der Waals surface area contributed by atoms with Crippen LogP contribution in [-0.4, -0.2) is 6.04 Å². The van der Waals surface area contributed by atoms with Crippen molar-refractivity contribution in [1.29, 1.82) is 10.5 Å². The Morgan fingerprint density at radius 1 is 1.11 bits per heavy atom. The van der Waals surface area contributed by atoms with Crippen molar-refractivity contribution in [3.63, 3.8) is 0 Å². The molecule has 3 heteroatoms. The molecule has 1 aromatic carbocycles. The van der Waals surface area contributed by atoms with Crippen LogP contribution in [0.25, 0.3) is 0 Å². The average molecular weight is 253 g/mol. The molecule has 0 saturated heterocycles. The van der Waals surface area contributed by atoms with Crippen LogP contribution in [0.5, 0.6) is 0 Å². The van der Waals surface area contributed by atoms with E-state index in [2.05, 4.69) is 18.3 Å². The normalized spacial score (nSPS) is 22.3. The van der Waals surface area contributed by atoms with Gasteiger partial charge in [-0.3, -0.25) is 0 Å². The van der Waals surface area contributed by atoms with Gasteiger partial charge >= 0.3 is 0 Å². The zero-order chi connectivity index (χ0) is 13.7. The molecule has 1 saturated carbocycles. The zero-order valence-electron chi connectivity index (χ0n) is 11.3. The Balaban J connectivity index is 2.01. The predicted octanol–water partition coefficient (Wildman–Crippen LogP) is 3.81. The molecular weight excluding hydrogens is 234 g/mol. The Morgan fingerprint density at radius 2 is 1.79 bits per heavy atom. The third-order valence-electron chi connectivity index (χ3n) is 4.06. The van der Waals surface area contributed by atoms with Crippen LogP contribution >= 0.6 is 0 Å². The fraction of sp³-hybridized carbons (Fsp3) is 0.500. The Kier molecular flexibility index (Phi) is 4.42. The predicted molar refractivity (Wildman–Crippen MR) is 75.5 cm³/mol. The first kappa shape index (κ1) is 13.4. The minimum atomic E-state index is 0.447. The maximum Gasteiger partial charge on any atom is 0.101 e. The number of anilines is 1. The summed E-state index contributed by atoms with van der Waals surface area (Å²) < 4.78 is 0. The summed E-state index contributed by atoms with van der Waals surface area (Å²) >= 11 is 0. The van der Waals surface area contributed by atoms with E-state index in [0.29, 0.717) is 17.2 Å². The lowest BCUT2D eigenvalue weighted by molar-refractivity contribution is 0.330. The maximum atomic E-state index is 9.02. The van der Waals surface area contributed by atoms with Crippen molar-refractivity contribution in [3.05, 3.63) is 29.3 Å². The van der Waals surface area contributed by atoms with E-state index in [-0.39, 0.29) is 0 Å². The van der Waals surface area contributed by atoms with Gasteiger partial charge in [-0.1, -0.05) is 13.3 Å². The fourth-order valence-corrected chi connectivity index (χ4v) is 2.77. The molecule has 3 nitrogen and oxygen atoms in total. The van der Waals surface area contributed by atoms with Gasteiger partial charge in [0.1, 0.15) is 12.1 Å². The van der Waals surface area contributed by atoms with E-state index in [0.717, 1.165) is 11.6 Å². The van der Waals surface area contributed by atoms with Crippen LogP contribution < -0.4 is 5.32 Å². The van der Waals surface area contributed by atoms with Crippen molar-refractivity contribution in [2.45, 2.75) is 45.1 Å². The highest BCUT2D eigenvalue weighted by Gasteiger charge is 2.19. The molecule has 19 heavy (non-hydrogen) atoms. The molecule has 0 bridgehead atoms. The summed E-state index contributed by atoms with van der Waals surface area (Å²) in [4.78, 5) is 0. The second kappa shape index (κ2) is 6.25. The van der Waals surface area contributed by atoms with Crippen molar-refractivity contribution >= 4 is 5.69 Å². The summed E-state index contributed by atoms with van der Waals surface area (Å²) in [6.45, 7) is 2.26. The highest BCUT2D eigenvalue weighted by molar-refractivity contribution is 5.56. The van der Waals surface area contributed by atoms with E-state index in [9.17, 15) is 0 Å². The first-order chi connectivity index (χ1) is 9.26. The van der Waals surface area contributed by atoms with Crippen molar-refractivity contribution in [3.8, 4) is 12.1 Å². The van der Waals surface area contributed by atoms with Crippen molar-refractivity contribution in [2.24, 2.45) is 5.92 Å². The smallest absolute Gasteiger partial charge is 0.101 e. The molecule has 0 aliphatic heterocycles. The molecule has 1 aromatic rings. The minimum Gasteiger partial charge on any atom is -0.382 e. The highest BCUT2D eigenvalue weighted by Crippen LogP contribution is 2.28. The van der Waals surface area contributed by atoms with E-state index in [1.54, 1.807) is 12.1 Å². The topological polar surface area (TPSA) is 59.6 Å². The van der Waals surface area contributed by atoms with Crippen molar-refractivity contribution in [2.75, 3.05) is 5.32 Å². The molecule has 1 aliphatic carbocycles. The summed E-state index contributed by atoms with van der Waals surface area (Å²) in [5, 5.41) is 21.4. The van der Waals surface area contributed by atoms with Gasteiger partial charge in [0.25, 0.3) is 0 Å². The lowest BCUT2D eigenvalue weighted by atomic mass is 9.84. The lowest BCUT2D eigenvalue weighted by Crippen LogP contribution is -2.25. The summed E-state index contributed by atoms with van der Waals surface area (Å²) in [6.07, 6.45) is 6.24. The molecular formula is C16H19N3. The van der Waals surface area contributed by atoms with Gasteiger partial charge in [-0.2, -0.15) is 10.5 Å². The average Bonchev–Trinajstić information content (AvgIpc) is 2.48. The van der Waals surface area contributed by atoms with Crippen LogP contribution in [-0.2, 0) is 0 Å². The van der Waals surface area contributed by atoms with Crippen LogP contribution in [0, 0.1) is 28.6 Å². The number of hydrogen-bond acceptors (Lipinski definition) is 3. The molecule has 0 amide bonds. The Bertz CT molecular complexity index is 514. The fourth-order valence-electron chi connectivity index (χ4n) is 2.77. The largest absolute Gasteiger partial charge is 0.382 e. The molecule has 1 aliphatic rings. The van der Waals surface area contributed by atoms with E-state index >= 15 is 0 Å². The second-order valence-electron chi connectivity index (χ2n) is 5.25. The maximum absolute atomic E-state index is 9.02. The standard InChI is InChI=1S/C16H19N3/c1-2-12-3-6-15(7-4-12)19-16-8-5-13(10-17)14(9-16)11-18/h5,8-9,12,15,19H,2-4,6-7H2,1H3. The van der Waals surface area contributed by atoms with E-state index in [1.807, 2.05) is 12.1 Å². The lowest BCUT2D eigenvalue weighted by Gasteiger charge is -2.29. The van der Waals surface area contributed by atoms with E-state index in [1.165, 1.54) is 32.1 Å². The second-order valence-corrected chi connectivity index (χ2v) is 5.25. The SMILES string of the molecule is CCC1CCC(Nc2ccc(C#N)c(C#N)c2)CC1. The molecule has 0 radical (unpaired) electrons. The quantitative estimate of drug-likeness (QED) is 0.891. The summed E-state index contributed by atoms with van der Waals surface area (Å²) in [6, 6.07) is 10.0. The van der Waals surface area contributed by atoms with Gasteiger partial charge in [-0.05, 0) is 49.8 Å². The van der Waals surface area contributed by atoms with Crippen LogP contribution in [0.4, 0.5) is 5.69 Å². The van der Waals surface area contributed by atoms with Gasteiger partial charge in [0.15, 0.2) is 0 Å². The number of nitriles is 2. The Labute approximate surface area is 114 Å². The first-order valence-corrected chi connectivity index (χ1v) is 6.97. The molecule has 2 rings (SSSR count). The Hall–Kier alpha value is -2.00. The van der Waals surface area contributed by atoms with Gasteiger partial charge in [0, 0.05) is 11.7 Å². The van der Waals surface area contributed by atoms with Gasteiger partial charge < -0.3 is 5.32 Å². The van der Waals surface area contributed by atoms with E-state index < -0.39 is 0 Å². The van der Waals surface area contributed by atoms with Crippen LogP contribution in [0.1, 0.15) is 50.2 Å². The monoisotopic (exact) mass is 253 g/mol. The van der Waals surface area contributed by atoms with Gasteiger partial charge in [0.05, 0.1) is 11.1 Å². The molecule has 0 spiro atoms. The summed E-state index contributed by atoms with van der Waals surface area (Å²) in [5.41, 5.74) is 1.85. The highest BCUT2D eigenvalue weighted by atomic mass is 14.9. The molecule has 0 aromatic heterocycles. The number of nitrogens with one attached hydrogen (secondary N) is 1. The molecule has 1 fully saturated rings. The minimum absolute atomic E-state index is 0.447. The van der Waals surface area contributed by atoms with Crippen molar-refractivity contribution < 1.29 is 0 Å². The van der Waals surface area contributed by atoms with Gasteiger partial charge in [0.2, 0.25) is 0 Å². The van der Waals surface area contributed by atoms with Crippen molar-refractivity contribution in [1.82, 2.24) is 0 Å². The molecule has 98 valence electrons. The molecule has 0 heterocycles. The molecule has 0 atom stereocenters. The molecule has 0 unspecified atom stereocenters. The number of nitrogens with zero attached hydrogens (tertiary/aromatic N) is 2. The van der Waals surface area contributed by atoms with Crippen LogP contribution in [0.3, 0.4) is 0 Å². The third-order valence-corrected chi connectivity index (χ3v) is 4.06. The van der Waals surface area contributed by atoms with Crippen LogP contribution in [0.2, 0.25) is 0 Å².